The average molecular weight is 318 g/mol. The van der Waals surface area contributed by atoms with E-state index in [-0.39, 0.29) is 0 Å². The molecule has 0 aliphatic rings. The second kappa shape index (κ2) is 6.04. The van der Waals surface area contributed by atoms with E-state index in [4.69, 9.17) is 16.3 Å². The van der Waals surface area contributed by atoms with Crippen molar-refractivity contribution >= 4 is 34.3 Å². The molecule has 108 valence electrons. The minimum Gasteiger partial charge on any atom is -0.497 e. The second-order valence-corrected chi connectivity index (χ2v) is 6.72. The van der Waals surface area contributed by atoms with Crippen LogP contribution in [0.5, 0.6) is 5.75 Å². The predicted octanol–water partition coefficient (Wildman–Crippen LogP) is 5.68. The van der Waals surface area contributed by atoms with Crippen LogP contribution in [0.3, 0.4) is 0 Å². The number of aromatic amines is 1. The Kier molecular flexibility index (Phi) is 4.13. The summed E-state index contributed by atoms with van der Waals surface area (Å²) in [6, 6.07) is 14.1. The van der Waals surface area contributed by atoms with Gasteiger partial charge in [0.05, 0.1) is 7.11 Å². The minimum absolute atomic E-state index is 0.339. The number of halogens is 1. The van der Waals surface area contributed by atoms with Gasteiger partial charge in [-0.1, -0.05) is 11.6 Å². The number of nitrogens with one attached hydrogen (secondary N) is 1. The van der Waals surface area contributed by atoms with E-state index < -0.39 is 0 Å². The van der Waals surface area contributed by atoms with E-state index in [9.17, 15) is 0 Å². The number of rotatable bonds is 4. The molecular weight excluding hydrogens is 302 g/mol. The molecule has 1 unspecified atom stereocenters. The molecule has 0 amide bonds. The number of H-pyrrole nitrogens is 1. The van der Waals surface area contributed by atoms with E-state index in [0.717, 1.165) is 16.3 Å². The van der Waals surface area contributed by atoms with Gasteiger partial charge in [-0.3, -0.25) is 0 Å². The summed E-state index contributed by atoms with van der Waals surface area (Å²) in [5, 5.41) is 2.30. The molecule has 0 spiro atoms. The van der Waals surface area contributed by atoms with Gasteiger partial charge in [-0.25, -0.2) is 0 Å². The second-order valence-electron chi connectivity index (χ2n) is 4.87. The molecule has 1 heterocycles. The zero-order valence-electron chi connectivity index (χ0n) is 11.9. The topological polar surface area (TPSA) is 25.0 Å². The summed E-state index contributed by atoms with van der Waals surface area (Å²) < 4.78 is 5.19. The summed E-state index contributed by atoms with van der Waals surface area (Å²) in [6.07, 6.45) is 2.07. The van der Waals surface area contributed by atoms with Crippen LogP contribution >= 0.6 is 23.4 Å². The number of ether oxygens (including phenoxy) is 1. The van der Waals surface area contributed by atoms with Crippen LogP contribution < -0.4 is 4.74 Å². The van der Waals surface area contributed by atoms with Crippen molar-refractivity contribution in [3.63, 3.8) is 0 Å². The van der Waals surface area contributed by atoms with Crippen molar-refractivity contribution in [1.82, 2.24) is 4.98 Å². The fourth-order valence-corrected chi connectivity index (χ4v) is 3.57. The van der Waals surface area contributed by atoms with Crippen LogP contribution in [0.2, 0.25) is 5.02 Å². The van der Waals surface area contributed by atoms with Crippen molar-refractivity contribution in [2.75, 3.05) is 7.11 Å². The Morgan fingerprint density at radius 1 is 1.14 bits per heavy atom. The van der Waals surface area contributed by atoms with Crippen molar-refractivity contribution in [3.05, 3.63) is 59.2 Å². The number of hydrogen-bond acceptors (Lipinski definition) is 2. The molecule has 4 heteroatoms. The summed E-state index contributed by atoms with van der Waals surface area (Å²) >= 11 is 7.93. The molecule has 0 radical (unpaired) electrons. The Hall–Kier alpha value is -1.58. The Balaban J connectivity index is 1.85. The lowest BCUT2D eigenvalue weighted by Crippen LogP contribution is -1.87. The van der Waals surface area contributed by atoms with Gasteiger partial charge in [-0.15, -0.1) is 11.8 Å². The zero-order chi connectivity index (χ0) is 14.8. The van der Waals surface area contributed by atoms with Gasteiger partial charge < -0.3 is 9.72 Å². The Morgan fingerprint density at radius 3 is 2.62 bits per heavy atom. The standard InChI is InChI=1S/C17H16ClNOS/c1-11(21-14-6-4-13(20-2)5-7-14)16-10-19-17-8-3-12(18)9-15(16)17/h3-11,19H,1-2H3. The monoisotopic (exact) mass is 317 g/mol. The smallest absolute Gasteiger partial charge is 0.118 e. The maximum Gasteiger partial charge on any atom is 0.118 e. The summed E-state index contributed by atoms with van der Waals surface area (Å²) in [7, 11) is 1.68. The molecule has 1 N–H and O–H groups in total. The third kappa shape index (κ3) is 3.04. The van der Waals surface area contributed by atoms with Gasteiger partial charge in [0, 0.05) is 32.3 Å². The first-order valence-corrected chi connectivity index (χ1v) is 8.00. The van der Waals surface area contributed by atoms with Crippen LogP contribution in [0, 0.1) is 0 Å². The maximum absolute atomic E-state index is 6.11. The van der Waals surface area contributed by atoms with Gasteiger partial charge in [-0.05, 0) is 55.0 Å². The third-order valence-corrected chi connectivity index (χ3v) is 4.87. The van der Waals surface area contributed by atoms with Gasteiger partial charge >= 0.3 is 0 Å². The lowest BCUT2D eigenvalue weighted by Gasteiger charge is -2.11. The highest BCUT2D eigenvalue weighted by Crippen LogP contribution is 2.39. The summed E-state index contributed by atoms with van der Waals surface area (Å²) in [4.78, 5) is 4.53. The summed E-state index contributed by atoms with van der Waals surface area (Å²) in [6.45, 7) is 2.21. The zero-order valence-corrected chi connectivity index (χ0v) is 13.5. The molecule has 1 aromatic heterocycles. The van der Waals surface area contributed by atoms with Crippen LogP contribution in [-0.4, -0.2) is 12.1 Å². The quantitative estimate of drug-likeness (QED) is 0.626. The highest BCUT2D eigenvalue weighted by atomic mass is 35.5. The van der Waals surface area contributed by atoms with Crippen molar-refractivity contribution in [3.8, 4) is 5.75 Å². The number of methoxy groups -OCH3 is 1. The van der Waals surface area contributed by atoms with Crippen LogP contribution in [0.4, 0.5) is 0 Å². The predicted molar refractivity (Wildman–Crippen MR) is 90.6 cm³/mol. The first-order valence-electron chi connectivity index (χ1n) is 6.74. The largest absolute Gasteiger partial charge is 0.497 e. The number of benzene rings is 2. The highest BCUT2D eigenvalue weighted by molar-refractivity contribution is 7.99. The van der Waals surface area contributed by atoms with E-state index in [1.807, 2.05) is 42.1 Å². The molecule has 2 aromatic carbocycles. The van der Waals surface area contributed by atoms with Crippen LogP contribution in [-0.2, 0) is 0 Å². The number of fused-ring (bicyclic) bond motifs is 1. The van der Waals surface area contributed by atoms with Crippen molar-refractivity contribution in [1.29, 1.82) is 0 Å². The van der Waals surface area contributed by atoms with E-state index in [1.165, 1.54) is 15.8 Å². The molecule has 1 atom stereocenters. The van der Waals surface area contributed by atoms with Gasteiger partial charge in [0.15, 0.2) is 0 Å². The normalized spacial score (nSPS) is 12.5. The molecule has 0 fully saturated rings. The Morgan fingerprint density at radius 2 is 1.90 bits per heavy atom. The highest BCUT2D eigenvalue weighted by Gasteiger charge is 2.13. The molecule has 0 bridgehead atoms. The molecule has 3 rings (SSSR count). The van der Waals surface area contributed by atoms with E-state index in [1.54, 1.807) is 7.11 Å². The third-order valence-electron chi connectivity index (χ3n) is 3.49. The van der Waals surface area contributed by atoms with Crippen molar-refractivity contribution in [2.45, 2.75) is 17.1 Å². The Bertz CT molecular complexity index is 751. The Labute approximate surface area is 133 Å². The van der Waals surface area contributed by atoms with Gasteiger partial charge in [0.1, 0.15) is 5.75 Å². The van der Waals surface area contributed by atoms with E-state index >= 15 is 0 Å². The number of hydrogen-bond donors (Lipinski definition) is 1. The fourth-order valence-electron chi connectivity index (χ4n) is 2.37. The lowest BCUT2D eigenvalue weighted by molar-refractivity contribution is 0.414. The lowest BCUT2D eigenvalue weighted by atomic mass is 10.1. The SMILES string of the molecule is COc1ccc(SC(C)c2c[nH]c3ccc(Cl)cc23)cc1. The average Bonchev–Trinajstić information content (AvgIpc) is 2.91. The number of thioether (sulfide) groups is 1. The minimum atomic E-state index is 0.339. The molecule has 0 aliphatic carbocycles. The van der Waals surface area contributed by atoms with E-state index in [2.05, 4.69) is 30.2 Å². The fraction of sp³-hybridized carbons (Fsp3) is 0.176. The molecule has 2 nitrogen and oxygen atoms in total. The molecule has 0 saturated carbocycles. The molecule has 3 aromatic rings. The number of aromatic nitrogens is 1. The molecule has 21 heavy (non-hydrogen) atoms. The van der Waals surface area contributed by atoms with Gasteiger partial charge in [-0.2, -0.15) is 0 Å². The van der Waals surface area contributed by atoms with Crippen LogP contribution in [0.15, 0.2) is 53.6 Å². The molecule has 0 aliphatic heterocycles. The first-order chi connectivity index (χ1) is 10.2. The van der Waals surface area contributed by atoms with Crippen LogP contribution in [0.1, 0.15) is 17.7 Å². The van der Waals surface area contributed by atoms with Gasteiger partial charge in [0.2, 0.25) is 0 Å². The maximum atomic E-state index is 6.11. The summed E-state index contributed by atoms with van der Waals surface area (Å²) in [5.41, 5.74) is 2.39. The van der Waals surface area contributed by atoms with E-state index in [0.29, 0.717) is 5.25 Å². The van der Waals surface area contributed by atoms with Crippen LogP contribution in [0.25, 0.3) is 10.9 Å². The van der Waals surface area contributed by atoms with Crippen molar-refractivity contribution in [2.24, 2.45) is 0 Å². The van der Waals surface area contributed by atoms with Gasteiger partial charge in [0.25, 0.3) is 0 Å². The molecule has 0 saturated heterocycles. The molecular formula is C17H16ClNOS. The first kappa shape index (κ1) is 14.4. The summed E-state index contributed by atoms with van der Waals surface area (Å²) in [5.74, 6) is 0.880. The van der Waals surface area contributed by atoms with Crippen molar-refractivity contribution < 1.29 is 4.74 Å².